The van der Waals surface area contributed by atoms with Crippen LogP contribution in [0.3, 0.4) is 0 Å². The van der Waals surface area contributed by atoms with Crippen LogP contribution in [0.1, 0.15) is 32.5 Å². The van der Waals surface area contributed by atoms with Gasteiger partial charge in [0.25, 0.3) is 0 Å². The third-order valence-corrected chi connectivity index (χ3v) is 3.20. The molecule has 1 saturated heterocycles. The van der Waals surface area contributed by atoms with E-state index in [4.69, 9.17) is 0 Å². The first-order valence-corrected chi connectivity index (χ1v) is 5.95. The molecule has 0 spiro atoms. The number of piperidine rings is 1. The molecular weight excluding hydrogens is 204 g/mol. The lowest BCUT2D eigenvalue weighted by Gasteiger charge is -2.34. The van der Waals surface area contributed by atoms with Gasteiger partial charge < -0.3 is 10.2 Å². The molecule has 1 aliphatic rings. The first-order chi connectivity index (χ1) is 7.75. The van der Waals surface area contributed by atoms with Gasteiger partial charge in [0.1, 0.15) is 0 Å². The molecule has 0 amide bonds. The predicted octanol–water partition coefficient (Wildman–Crippen LogP) is 0.162. The molecule has 0 bridgehead atoms. The number of nitrogens with one attached hydrogen (secondary N) is 2. The van der Waals surface area contributed by atoms with Crippen LogP contribution in [-0.4, -0.2) is 50.7 Å². The molecule has 0 aliphatic carbocycles. The number of hydrogen-bond acceptors (Lipinski definition) is 5. The lowest BCUT2D eigenvalue weighted by Crippen LogP contribution is -2.44. The van der Waals surface area contributed by atoms with Crippen LogP contribution in [0.2, 0.25) is 0 Å². The zero-order valence-corrected chi connectivity index (χ0v) is 9.98. The van der Waals surface area contributed by atoms with E-state index >= 15 is 0 Å². The Kier molecular flexibility index (Phi) is 3.84. The van der Waals surface area contributed by atoms with E-state index in [0.717, 1.165) is 5.82 Å². The molecule has 1 aromatic heterocycles. The predicted molar refractivity (Wildman–Crippen MR) is 60.7 cm³/mol. The number of likely N-dealkylation sites (tertiary alicyclic amines) is 1. The van der Waals surface area contributed by atoms with E-state index in [1.165, 1.54) is 25.9 Å². The van der Waals surface area contributed by atoms with Gasteiger partial charge in [0.2, 0.25) is 0 Å². The smallest absolute Gasteiger partial charge is 0.188 e. The lowest BCUT2D eigenvalue weighted by atomic mass is 10.0. The van der Waals surface area contributed by atoms with Gasteiger partial charge in [0, 0.05) is 12.1 Å². The van der Waals surface area contributed by atoms with Crippen molar-refractivity contribution < 1.29 is 0 Å². The second-order valence-corrected chi connectivity index (χ2v) is 4.61. The normalized spacial score (nSPS) is 19.4. The highest BCUT2D eigenvalue weighted by molar-refractivity contribution is 4.82. The molecule has 0 radical (unpaired) electrons. The van der Waals surface area contributed by atoms with Crippen LogP contribution in [0.15, 0.2) is 0 Å². The van der Waals surface area contributed by atoms with E-state index < -0.39 is 0 Å². The van der Waals surface area contributed by atoms with Crippen molar-refractivity contribution in [2.75, 3.05) is 13.1 Å². The summed E-state index contributed by atoms with van der Waals surface area (Å²) < 4.78 is 0. The fraction of sp³-hybridized carbons (Fsp3) is 0.900. The highest BCUT2D eigenvalue weighted by Gasteiger charge is 2.20. The van der Waals surface area contributed by atoms with Gasteiger partial charge in [-0.3, -0.25) is 0 Å². The van der Waals surface area contributed by atoms with Crippen LogP contribution in [0.25, 0.3) is 0 Å². The standard InChI is InChI=1S/C10H20N6/c1-8(2)16-5-3-9(4-6-16)11-7-10-12-14-15-13-10/h8-9,11H,3-7H2,1-2H3,(H,12,13,14,15). The highest BCUT2D eigenvalue weighted by atomic mass is 15.5. The molecule has 0 aromatic carbocycles. The van der Waals surface area contributed by atoms with Crippen molar-refractivity contribution in [3.63, 3.8) is 0 Å². The third-order valence-electron chi connectivity index (χ3n) is 3.20. The fourth-order valence-corrected chi connectivity index (χ4v) is 2.11. The van der Waals surface area contributed by atoms with Crippen LogP contribution >= 0.6 is 0 Å². The first kappa shape index (κ1) is 11.5. The van der Waals surface area contributed by atoms with Crippen molar-refractivity contribution in [3.8, 4) is 0 Å². The summed E-state index contributed by atoms with van der Waals surface area (Å²) in [5.74, 6) is 0.742. The number of tetrazole rings is 1. The van der Waals surface area contributed by atoms with Gasteiger partial charge in [-0.05, 0) is 39.8 Å². The number of H-pyrrole nitrogens is 1. The van der Waals surface area contributed by atoms with E-state index in [1.807, 2.05) is 0 Å². The monoisotopic (exact) mass is 224 g/mol. The Morgan fingerprint density at radius 3 is 2.75 bits per heavy atom. The molecule has 2 N–H and O–H groups in total. The summed E-state index contributed by atoms with van der Waals surface area (Å²) in [7, 11) is 0. The second kappa shape index (κ2) is 5.36. The van der Waals surface area contributed by atoms with E-state index in [0.29, 0.717) is 18.6 Å². The second-order valence-electron chi connectivity index (χ2n) is 4.61. The Balaban J connectivity index is 1.69. The Bertz CT molecular complexity index is 288. The topological polar surface area (TPSA) is 69.7 Å². The Morgan fingerprint density at radius 1 is 1.44 bits per heavy atom. The quantitative estimate of drug-likeness (QED) is 0.762. The maximum atomic E-state index is 3.92. The minimum atomic E-state index is 0.591. The van der Waals surface area contributed by atoms with E-state index in [2.05, 4.69) is 44.7 Å². The molecule has 2 rings (SSSR count). The molecule has 1 aliphatic heterocycles. The summed E-state index contributed by atoms with van der Waals surface area (Å²) >= 11 is 0. The fourth-order valence-electron chi connectivity index (χ4n) is 2.11. The number of rotatable bonds is 4. The van der Waals surface area contributed by atoms with Gasteiger partial charge in [0.05, 0.1) is 6.54 Å². The van der Waals surface area contributed by atoms with Crippen LogP contribution in [-0.2, 0) is 6.54 Å². The third kappa shape index (κ3) is 2.99. The number of aromatic amines is 1. The lowest BCUT2D eigenvalue weighted by molar-refractivity contribution is 0.160. The largest absolute Gasteiger partial charge is 0.307 e. The molecule has 0 saturated carbocycles. The molecule has 0 atom stereocenters. The SMILES string of the molecule is CC(C)N1CCC(NCc2nn[nH]n2)CC1. The minimum absolute atomic E-state index is 0.591. The molecule has 6 nitrogen and oxygen atoms in total. The average Bonchev–Trinajstić information content (AvgIpc) is 2.80. The van der Waals surface area contributed by atoms with Gasteiger partial charge in [0.15, 0.2) is 5.82 Å². The number of nitrogens with zero attached hydrogens (tertiary/aromatic N) is 4. The summed E-state index contributed by atoms with van der Waals surface area (Å²) in [6, 6.07) is 1.26. The highest BCUT2D eigenvalue weighted by Crippen LogP contribution is 2.12. The van der Waals surface area contributed by atoms with E-state index in [-0.39, 0.29) is 0 Å². The summed E-state index contributed by atoms with van der Waals surface area (Å²) in [5.41, 5.74) is 0. The summed E-state index contributed by atoms with van der Waals surface area (Å²) in [6.45, 7) is 7.59. The zero-order chi connectivity index (χ0) is 11.4. The molecule has 2 heterocycles. The molecule has 6 heteroatoms. The van der Waals surface area contributed by atoms with E-state index in [1.54, 1.807) is 0 Å². The Hall–Kier alpha value is -1.01. The van der Waals surface area contributed by atoms with Crippen molar-refractivity contribution in [2.24, 2.45) is 0 Å². The van der Waals surface area contributed by atoms with Gasteiger partial charge >= 0.3 is 0 Å². The van der Waals surface area contributed by atoms with Crippen LogP contribution in [0, 0.1) is 0 Å². The van der Waals surface area contributed by atoms with E-state index in [9.17, 15) is 0 Å². The van der Waals surface area contributed by atoms with Crippen molar-refractivity contribution in [1.82, 2.24) is 30.8 Å². The van der Waals surface area contributed by atoms with Gasteiger partial charge in [-0.2, -0.15) is 5.21 Å². The summed E-state index contributed by atoms with van der Waals surface area (Å²) in [4.78, 5) is 2.52. The summed E-state index contributed by atoms with van der Waals surface area (Å²) in [5, 5.41) is 17.3. The molecular formula is C10H20N6. The van der Waals surface area contributed by atoms with Crippen molar-refractivity contribution in [3.05, 3.63) is 5.82 Å². The van der Waals surface area contributed by atoms with Gasteiger partial charge in [-0.25, -0.2) is 0 Å². The number of hydrogen-bond donors (Lipinski definition) is 2. The average molecular weight is 224 g/mol. The molecule has 0 unspecified atom stereocenters. The van der Waals surface area contributed by atoms with Crippen molar-refractivity contribution in [1.29, 1.82) is 0 Å². The maximum Gasteiger partial charge on any atom is 0.188 e. The zero-order valence-electron chi connectivity index (χ0n) is 9.98. The summed E-state index contributed by atoms with van der Waals surface area (Å²) in [6.07, 6.45) is 2.41. The van der Waals surface area contributed by atoms with Crippen molar-refractivity contribution >= 4 is 0 Å². The molecule has 1 aromatic rings. The Labute approximate surface area is 95.8 Å². The van der Waals surface area contributed by atoms with Gasteiger partial charge in [-0.15, -0.1) is 10.2 Å². The van der Waals surface area contributed by atoms with Crippen LogP contribution in [0.4, 0.5) is 0 Å². The molecule has 90 valence electrons. The number of aromatic nitrogens is 4. The Morgan fingerprint density at radius 2 is 2.19 bits per heavy atom. The van der Waals surface area contributed by atoms with Crippen LogP contribution < -0.4 is 5.32 Å². The molecule has 16 heavy (non-hydrogen) atoms. The van der Waals surface area contributed by atoms with Gasteiger partial charge in [-0.1, -0.05) is 5.21 Å². The van der Waals surface area contributed by atoms with Crippen LogP contribution in [0.5, 0.6) is 0 Å². The maximum absolute atomic E-state index is 3.92. The molecule has 1 fully saturated rings. The van der Waals surface area contributed by atoms with Crippen molar-refractivity contribution in [2.45, 2.75) is 45.3 Å². The first-order valence-electron chi connectivity index (χ1n) is 5.95. The minimum Gasteiger partial charge on any atom is -0.307 e.